The van der Waals surface area contributed by atoms with Gasteiger partial charge in [0.2, 0.25) is 0 Å². The van der Waals surface area contributed by atoms with Crippen LogP contribution in [0.3, 0.4) is 0 Å². The molecule has 9 aromatic rings. The number of hydrogen-bond acceptors (Lipinski definition) is 0. The van der Waals surface area contributed by atoms with Crippen LogP contribution in [0.5, 0.6) is 0 Å². The van der Waals surface area contributed by atoms with Crippen molar-refractivity contribution in [3.63, 3.8) is 0 Å². The lowest BCUT2D eigenvalue weighted by Crippen LogP contribution is -2.12. The third-order valence-electron chi connectivity index (χ3n) is 10.4. The second kappa shape index (κ2) is 10.1. The van der Waals surface area contributed by atoms with Crippen LogP contribution in [-0.2, 0) is 10.8 Å². The van der Waals surface area contributed by atoms with Gasteiger partial charge in [-0.15, -0.1) is 0 Å². The SMILES string of the molecule is CC(C)(C)c1ccc2c(-n3c4ccccc4c4ccccc43)c3cc(C(C)(C)C)ccc3c(-n3c4ccccc4c4ccccc43)c2c1. The molecule has 0 atom stereocenters. The van der Waals surface area contributed by atoms with Crippen molar-refractivity contribution in [1.82, 2.24) is 9.13 Å². The number of para-hydroxylation sites is 4. The summed E-state index contributed by atoms with van der Waals surface area (Å²) in [5, 5.41) is 10.1. The van der Waals surface area contributed by atoms with Crippen molar-refractivity contribution in [2.75, 3.05) is 0 Å². The molecule has 2 heteroatoms. The van der Waals surface area contributed by atoms with E-state index in [0.29, 0.717) is 0 Å². The highest BCUT2D eigenvalue weighted by molar-refractivity contribution is 6.20. The average molecular weight is 621 g/mol. The molecule has 0 spiro atoms. The molecule has 0 bridgehead atoms. The van der Waals surface area contributed by atoms with E-state index in [1.807, 2.05) is 0 Å². The van der Waals surface area contributed by atoms with E-state index >= 15 is 0 Å². The van der Waals surface area contributed by atoms with Crippen LogP contribution >= 0.6 is 0 Å². The molecule has 0 N–H and O–H groups in total. The van der Waals surface area contributed by atoms with E-state index in [1.54, 1.807) is 0 Å². The Morgan fingerprint density at radius 2 is 0.604 bits per heavy atom. The highest BCUT2D eigenvalue weighted by Crippen LogP contribution is 2.46. The van der Waals surface area contributed by atoms with Gasteiger partial charge in [0.1, 0.15) is 0 Å². The van der Waals surface area contributed by atoms with Crippen LogP contribution in [0.15, 0.2) is 133 Å². The zero-order valence-corrected chi connectivity index (χ0v) is 28.6. The smallest absolute Gasteiger partial charge is 0.0620 e. The second-order valence-corrected chi connectivity index (χ2v) is 15.5. The summed E-state index contributed by atoms with van der Waals surface area (Å²) < 4.78 is 5.07. The van der Waals surface area contributed by atoms with Gasteiger partial charge in [0.25, 0.3) is 0 Å². The van der Waals surface area contributed by atoms with Crippen molar-refractivity contribution in [2.24, 2.45) is 0 Å². The summed E-state index contributed by atoms with van der Waals surface area (Å²) in [5.41, 5.74) is 10.0. The molecule has 7 aromatic carbocycles. The topological polar surface area (TPSA) is 9.86 Å². The summed E-state index contributed by atoms with van der Waals surface area (Å²) in [7, 11) is 0. The van der Waals surface area contributed by atoms with Crippen LogP contribution in [0.4, 0.5) is 0 Å². The Labute approximate surface area is 281 Å². The molecule has 0 radical (unpaired) electrons. The summed E-state index contributed by atoms with van der Waals surface area (Å²) >= 11 is 0. The van der Waals surface area contributed by atoms with Crippen LogP contribution in [0, 0.1) is 0 Å². The molecule has 0 fully saturated rings. The second-order valence-electron chi connectivity index (χ2n) is 15.5. The van der Waals surface area contributed by atoms with Gasteiger partial charge in [-0.1, -0.05) is 139 Å². The maximum atomic E-state index is 2.54. The number of aromatic nitrogens is 2. The molecule has 0 aliphatic heterocycles. The lowest BCUT2D eigenvalue weighted by atomic mass is 9.83. The molecule has 0 aliphatic rings. The first-order valence-electron chi connectivity index (χ1n) is 17.1. The number of fused-ring (bicyclic) bond motifs is 8. The molecular weight excluding hydrogens is 581 g/mol. The van der Waals surface area contributed by atoms with Crippen molar-refractivity contribution in [3.8, 4) is 11.4 Å². The van der Waals surface area contributed by atoms with Crippen molar-refractivity contribution in [1.29, 1.82) is 0 Å². The van der Waals surface area contributed by atoms with E-state index in [1.165, 1.54) is 87.7 Å². The average Bonchev–Trinajstić information content (AvgIpc) is 3.59. The van der Waals surface area contributed by atoms with Crippen molar-refractivity contribution < 1.29 is 0 Å². The Kier molecular flexibility index (Phi) is 6.06. The predicted molar refractivity (Wildman–Crippen MR) is 208 cm³/mol. The quantitative estimate of drug-likeness (QED) is 0.170. The molecule has 0 saturated carbocycles. The minimum absolute atomic E-state index is 0.00958. The Bertz CT molecular complexity index is 2440. The standard InChI is InChI=1S/C46H40N2/c1-45(2,3)29-23-25-35-37(27-29)43(47-39-19-11-7-15-31(39)32-16-8-12-20-40(32)47)36-26-24-30(46(4,5)6)28-38(36)44(35)48-41-21-13-9-17-33(41)34-18-10-14-22-42(34)48/h7-28H,1-6H3. The van der Waals surface area contributed by atoms with Crippen LogP contribution in [0.25, 0.3) is 76.5 Å². The minimum atomic E-state index is -0.00958. The summed E-state index contributed by atoms with van der Waals surface area (Å²) in [6.07, 6.45) is 0. The highest BCUT2D eigenvalue weighted by Gasteiger charge is 2.26. The minimum Gasteiger partial charge on any atom is -0.308 e. The third kappa shape index (κ3) is 4.12. The summed E-state index contributed by atoms with van der Waals surface area (Å²) in [4.78, 5) is 0. The number of rotatable bonds is 2. The molecule has 0 aliphatic carbocycles. The summed E-state index contributed by atoms with van der Waals surface area (Å²) in [5.74, 6) is 0. The Balaban J connectivity index is 1.58. The van der Waals surface area contributed by atoms with Crippen molar-refractivity contribution in [2.45, 2.75) is 52.4 Å². The van der Waals surface area contributed by atoms with Crippen LogP contribution in [0.2, 0.25) is 0 Å². The van der Waals surface area contributed by atoms with Gasteiger partial charge in [0.05, 0.1) is 33.4 Å². The van der Waals surface area contributed by atoms with E-state index in [2.05, 4.69) is 184 Å². The van der Waals surface area contributed by atoms with Gasteiger partial charge in [0, 0.05) is 43.1 Å². The molecule has 2 nitrogen and oxygen atoms in total. The maximum absolute atomic E-state index is 2.54. The maximum Gasteiger partial charge on any atom is 0.0620 e. The zero-order valence-electron chi connectivity index (χ0n) is 28.6. The molecule has 0 amide bonds. The van der Waals surface area contributed by atoms with Gasteiger partial charge in [0.15, 0.2) is 0 Å². The highest BCUT2D eigenvalue weighted by atomic mass is 15.0. The molecule has 0 saturated heterocycles. The zero-order chi connectivity index (χ0) is 32.9. The van der Waals surface area contributed by atoms with E-state index < -0.39 is 0 Å². The molecule has 0 unspecified atom stereocenters. The Morgan fingerprint density at radius 1 is 0.312 bits per heavy atom. The van der Waals surface area contributed by atoms with Gasteiger partial charge in [-0.05, 0) is 58.4 Å². The van der Waals surface area contributed by atoms with Gasteiger partial charge >= 0.3 is 0 Å². The number of hydrogen-bond donors (Lipinski definition) is 0. The molecule has 48 heavy (non-hydrogen) atoms. The summed E-state index contributed by atoms with van der Waals surface area (Å²) in [6.45, 7) is 13.9. The van der Waals surface area contributed by atoms with E-state index in [0.717, 1.165) is 0 Å². The molecule has 2 heterocycles. The van der Waals surface area contributed by atoms with E-state index in [-0.39, 0.29) is 10.8 Å². The normalized spacial score (nSPS) is 12.8. The largest absolute Gasteiger partial charge is 0.308 e. The Hall–Kier alpha value is -5.34. The molecular formula is C46H40N2. The molecule has 234 valence electrons. The molecule has 9 rings (SSSR count). The van der Waals surface area contributed by atoms with E-state index in [4.69, 9.17) is 0 Å². The predicted octanol–water partition coefficient (Wildman–Crippen LogP) is 12.8. The lowest BCUT2D eigenvalue weighted by Gasteiger charge is -2.26. The number of benzene rings is 7. The van der Waals surface area contributed by atoms with Crippen molar-refractivity contribution >= 4 is 65.2 Å². The number of nitrogens with zero attached hydrogens (tertiary/aromatic N) is 2. The lowest BCUT2D eigenvalue weighted by molar-refractivity contribution is 0.590. The fourth-order valence-corrected chi connectivity index (χ4v) is 7.93. The van der Waals surface area contributed by atoms with Gasteiger partial charge in [-0.25, -0.2) is 0 Å². The first kappa shape index (κ1) is 28.8. The van der Waals surface area contributed by atoms with Crippen molar-refractivity contribution in [3.05, 3.63) is 145 Å². The van der Waals surface area contributed by atoms with Crippen LogP contribution in [0.1, 0.15) is 52.7 Å². The van der Waals surface area contributed by atoms with Gasteiger partial charge in [-0.2, -0.15) is 0 Å². The third-order valence-corrected chi connectivity index (χ3v) is 10.4. The van der Waals surface area contributed by atoms with Crippen LogP contribution in [-0.4, -0.2) is 9.13 Å². The Morgan fingerprint density at radius 3 is 0.896 bits per heavy atom. The van der Waals surface area contributed by atoms with E-state index in [9.17, 15) is 0 Å². The monoisotopic (exact) mass is 620 g/mol. The fraction of sp³-hybridized carbons (Fsp3) is 0.174. The van der Waals surface area contributed by atoms with Gasteiger partial charge < -0.3 is 9.13 Å². The first-order chi connectivity index (χ1) is 23.1. The van der Waals surface area contributed by atoms with Crippen LogP contribution < -0.4 is 0 Å². The molecule has 2 aromatic heterocycles. The van der Waals surface area contributed by atoms with Gasteiger partial charge in [-0.3, -0.25) is 0 Å². The summed E-state index contributed by atoms with van der Waals surface area (Å²) in [6, 6.07) is 50.0. The first-order valence-corrected chi connectivity index (χ1v) is 17.1. The fourth-order valence-electron chi connectivity index (χ4n) is 7.93.